The van der Waals surface area contributed by atoms with E-state index < -0.39 is 0 Å². The van der Waals surface area contributed by atoms with Crippen molar-refractivity contribution in [2.45, 2.75) is 0 Å². The molecule has 0 saturated heterocycles. The molecule has 0 fully saturated rings. The molecule has 2 aromatic rings. The molecular formula is C14H8BrNO2. The predicted molar refractivity (Wildman–Crippen MR) is 72.8 cm³/mol. The number of nitrogens with zero attached hydrogens (tertiary/aromatic N) is 1. The Balaban J connectivity index is 2.29. The molecule has 0 unspecified atom stereocenters. The van der Waals surface area contributed by atoms with E-state index in [1.165, 1.54) is 6.07 Å². The van der Waals surface area contributed by atoms with Crippen LogP contribution in [0, 0.1) is 11.3 Å². The van der Waals surface area contributed by atoms with Crippen molar-refractivity contribution < 1.29 is 4.42 Å². The number of rotatable bonds is 2. The van der Waals surface area contributed by atoms with Gasteiger partial charge in [0.1, 0.15) is 11.8 Å². The minimum atomic E-state index is -0.242. The van der Waals surface area contributed by atoms with Crippen LogP contribution in [0.3, 0.4) is 0 Å². The lowest BCUT2D eigenvalue weighted by molar-refractivity contribution is 0.524. The summed E-state index contributed by atoms with van der Waals surface area (Å²) in [5.74, 6) is 0.375. The molecule has 1 aromatic carbocycles. The van der Waals surface area contributed by atoms with Gasteiger partial charge in [-0.1, -0.05) is 34.1 Å². The van der Waals surface area contributed by atoms with Crippen molar-refractivity contribution in [3.05, 3.63) is 68.2 Å². The van der Waals surface area contributed by atoms with E-state index in [2.05, 4.69) is 15.9 Å². The summed E-state index contributed by atoms with van der Waals surface area (Å²) in [6.45, 7) is 0. The summed E-state index contributed by atoms with van der Waals surface area (Å²) in [5.41, 5.74) is 0.733. The van der Waals surface area contributed by atoms with Crippen LogP contribution in [0.25, 0.3) is 12.2 Å². The summed E-state index contributed by atoms with van der Waals surface area (Å²) in [7, 11) is 0. The standard InChI is InChI=1S/C14H8BrNO2/c15-11-4-1-10(2-5-11)3-6-13-7-12(17)8-14(9-16)18-13/h1-8H/b6-3+. The van der Waals surface area contributed by atoms with E-state index >= 15 is 0 Å². The Morgan fingerprint density at radius 1 is 1.17 bits per heavy atom. The average molecular weight is 302 g/mol. The summed E-state index contributed by atoms with van der Waals surface area (Å²) in [5, 5.41) is 8.69. The van der Waals surface area contributed by atoms with Crippen LogP contribution in [0.1, 0.15) is 17.1 Å². The van der Waals surface area contributed by atoms with Crippen molar-refractivity contribution in [1.29, 1.82) is 5.26 Å². The molecule has 0 atom stereocenters. The lowest BCUT2D eigenvalue weighted by Crippen LogP contribution is -1.98. The Labute approximate surface area is 112 Å². The van der Waals surface area contributed by atoms with Crippen LogP contribution >= 0.6 is 15.9 Å². The maximum absolute atomic E-state index is 11.3. The van der Waals surface area contributed by atoms with Crippen molar-refractivity contribution in [2.24, 2.45) is 0 Å². The first kappa shape index (κ1) is 12.3. The molecule has 0 N–H and O–H groups in total. The summed E-state index contributed by atoms with van der Waals surface area (Å²) >= 11 is 3.35. The molecule has 0 spiro atoms. The highest BCUT2D eigenvalue weighted by Gasteiger charge is 1.98. The van der Waals surface area contributed by atoms with Crippen molar-refractivity contribution in [2.75, 3.05) is 0 Å². The first-order valence-corrected chi connectivity index (χ1v) is 5.95. The SMILES string of the molecule is N#Cc1cc(=O)cc(/C=C/c2ccc(Br)cc2)o1. The molecule has 0 aliphatic carbocycles. The molecule has 1 aromatic heterocycles. The quantitative estimate of drug-likeness (QED) is 0.854. The van der Waals surface area contributed by atoms with E-state index in [1.54, 1.807) is 6.08 Å². The first-order chi connectivity index (χ1) is 8.67. The van der Waals surface area contributed by atoms with Crippen LogP contribution in [-0.4, -0.2) is 0 Å². The van der Waals surface area contributed by atoms with E-state index in [4.69, 9.17) is 9.68 Å². The van der Waals surface area contributed by atoms with Crippen LogP contribution in [0.4, 0.5) is 0 Å². The van der Waals surface area contributed by atoms with Gasteiger partial charge in [-0.2, -0.15) is 5.26 Å². The van der Waals surface area contributed by atoms with E-state index in [9.17, 15) is 4.79 Å². The van der Waals surface area contributed by atoms with Crippen LogP contribution in [0.15, 0.2) is 50.1 Å². The molecule has 2 rings (SSSR count). The molecule has 0 saturated carbocycles. The zero-order valence-electron chi connectivity index (χ0n) is 9.26. The number of halogens is 1. The molecule has 3 nitrogen and oxygen atoms in total. The summed E-state index contributed by atoms with van der Waals surface area (Å²) in [4.78, 5) is 11.3. The van der Waals surface area contributed by atoms with E-state index in [1.807, 2.05) is 36.4 Å². The van der Waals surface area contributed by atoms with Gasteiger partial charge in [-0.05, 0) is 23.8 Å². The third-order valence-corrected chi connectivity index (χ3v) is 2.73. The highest BCUT2D eigenvalue weighted by molar-refractivity contribution is 9.10. The van der Waals surface area contributed by atoms with Crippen molar-refractivity contribution in [3.63, 3.8) is 0 Å². The molecule has 4 heteroatoms. The van der Waals surface area contributed by atoms with Crippen molar-refractivity contribution in [1.82, 2.24) is 0 Å². The number of nitriles is 1. The van der Waals surface area contributed by atoms with Gasteiger partial charge in [0, 0.05) is 16.6 Å². The predicted octanol–water partition coefficient (Wildman–Crippen LogP) is 3.44. The third-order valence-electron chi connectivity index (χ3n) is 2.21. The third kappa shape index (κ3) is 3.19. The highest BCUT2D eigenvalue weighted by Crippen LogP contribution is 2.13. The minimum absolute atomic E-state index is 0.0120. The van der Waals surface area contributed by atoms with Gasteiger partial charge in [-0.3, -0.25) is 4.79 Å². The summed E-state index contributed by atoms with van der Waals surface area (Å²) in [6, 6.07) is 12.0. The molecule has 0 radical (unpaired) electrons. The van der Waals surface area contributed by atoms with Crippen LogP contribution in [-0.2, 0) is 0 Å². The molecule has 0 amide bonds. The molecule has 0 bridgehead atoms. The Morgan fingerprint density at radius 2 is 1.89 bits per heavy atom. The number of hydrogen-bond acceptors (Lipinski definition) is 3. The van der Waals surface area contributed by atoms with Gasteiger partial charge in [-0.25, -0.2) is 0 Å². The second kappa shape index (κ2) is 5.48. The number of hydrogen-bond donors (Lipinski definition) is 0. The zero-order chi connectivity index (χ0) is 13.0. The highest BCUT2D eigenvalue weighted by atomic mass is 79.9. The average Bonchev–Trinajstić information content (AvgIpc) is 2.37. The molecule has 0 aliphatic heterocycles. The van der Waals surface area contributed by atoms with Gasteiger partial charge in [0.25, 0.3) is 0 Å². The van der Waals surface area contributed by atoms with Gasteiger partial charge in [0.05, 0.1) is 0 Å². The fourth-order valence-corrected chi connectivity index (χ4v) is 1.65. The van der Waals surface area contributed by atoms with Crippen LogP contribution < -0.4 is 5.43 Å². The molecular weight excluding hydrogens is 294 g/mol. The second-order valence-corrected chi connectivity index (χ2v) is 4.47. The Morgan fingerprint density at radius 3 is 2.56 bits per heavy atom. The lowest BCUT2D eigenvalue weighted by atomic mass is 10.2. The van der Waals surface area contributed by atoms with Gasteiger partial charge < -0.3 is 4.42 Å². The molecule has 88 valence electrons. The number of benzene rings is 1. The normalized spacial score (nSPS) is 10.4. The van der Waals surface area contributed by atoms with Crippen molar-refractivity contribution >= 4 is 28.1 Å². The monoisotopic (exact) mass is 301 g/mol. The Hall–Kier alpha value is -2.12. The second-order valence-electron chi connectivity index (χ2n) is 3.56. The minimum Gasteiger partial charge on any atom is -0.446 e. The smallest absolute Gasteiger partial charge is 0.207 e. The van der Waals surface area contributed by atoms with E-state index in [-0.39, 0.29) is 11.2 Å². The molecule has 0 aliphatic rings. The van der Waals surface area contributed by atoms with Gasteiger partial charge in [-0.15, -0.1) is 0 Å². The maximum Gasteiger partial charge on any atom is 0.207 e. The molecule has 18 heavy (non-hydrogen) atoms. The van der Waals surface area contributed by atoms with E-state index in [0.717, 1.165) is 16.1 Å². The largest absolute Gasteiger partial charge is 0.446 e. The van der Waals surface area contributed by atoms with Gasteiger partial charge >= 0.3 is 0 Å². The fourth-order valence-electron chi connectivity index (χ4n) is 1.39. The van der Waals surface area contributed by atoms with Crippen LogP contribution in [0.2, 0.25) is 0 Å². The summed E-state index contributed by atoms with van der Waals surface area (Å²) < 4.78 is 6.19. The maximum atomic E-state index is 11.3. The summed E-state index contributed by atoms with van der Waals surface area (Å²) in [6.07, 6.45) is 3.47. The Bertz CT molecular complexity index is 678. The fraction of sp³-hybridized carbons (Fsp3) is 0. The lowest BCUT2D eigenvalue weighted by Gasteiger charge is -1.95. The topological polar surface area (TPSA) is 54.0 Å². The zero-order valence-corrected chi connectivity index (χ0v) is 10.8. The van der Waals surface area contributed by atoms with E-state index in [0.29, 0.717) is 5.76 Å². The van der Waals surface area contributed by atoms with Gasteiger partial charge in [0.15, 0.2) is 5.43 Å². The van der Waals surface area contributed by atoms with Gasteiger partial charge in [0.2, 0.25) is 5.76 Å². The van der Waals surface area contributed by atoms with Crippen molar-refractivity contribution in [3.8, 4) is 6.07 Å². The van der Waals surface area contributed by atoms with Crippen LogP contribution in [0.5, 0.6) is 0 Å². The molecule has 1 heterocycles. The Kier molecular flexibility index (Phi) is 3.75. The first-order valence-electron chi connectivity index (χ1n) is 5.16.